The zero-order valence-electron chi connectivity index (χ0n) is 14.1. The Hall–Kier alpha value is -3.02. The molecular formula is C19H21N3O3. The number of hydrogen-bond acceptors (Lipinski definition) is 4. The number of nitrogens with one attached hydrogen (secondary N) is 2. The van der Waals surface area contributed by atoms with E-state index in [1.165, 1.54) is 0 Å². The molecule has 0 unspecified atom stereocenters. The van der Waals surface area contributed by atoms with Crippen LogP contribution in [0.5, 0.6) is 0 Å². The zero-order valence-corrected chi connectivity index (χ0v) is 14.1. The molecule has 1 saturated heterocycles. The van der Waals surface area contributed by atoms with Gasteiger partial charge in [-0.1, -0.05) is 30.3 Å². The summed E-state index contributed by atoms with van der Waals surface area (Å²) in [5.41, 5.74) is 2.59. The lowest BCUT2D eigenvalue weighted by molar-refractivity contribution is -0.116. The summed E-state index contributed by atoms with van der Waals surface area (Å²) >= 11 is 0. The van der Waals surface area contributed by atoms with Gasteiger partial charge < -0.3 is 20.3 Å². The summed E-state index contributed by atoms with van der Waals surface area (Å²) in [6, 6.07) is 16.6. The Morgan fingerprint density at radius 1 is 1.16 bits per heavy atom. The molecule has 0 spiro atoms. The van der Waals surface area contributed by atoms with Crippen LogP contribution in [0, 0.1) is 0 Å². The van der Waals surface area contributed by atoms with Gasteiger partial charge in [0.1, 0.15) is 12.6 Å². The van der Waals surface area contributed by atoms with Crippen LogP contribution < -0.4 is 10.6 Å². The third kappa shape index (κ3) is 4.50. The molecule has 6 heteroatoms. The van der Waals surface area contributed by atoms with E-state index in [1.807, 2.05) is 61.5 Å². The van der Waals surface area contributed by atoms with Crippen LogP contribution in [0.4, 0.5) is 16.2 Å². The molecule has 0 saturated carbocycles. The summed E-state index contributed by atoms with van der Waals surface area (Å²) in [4.78, 5) is 25.5. The summed E-state index contributed by atoms with van der Waals surface area (Å²) < 4.78 is 4.94. The van der Waals surface area contributed by atoms with Crippen LogP contribution in [0.2, 0.25) is 0 Å². The molecule has 0 aliphatic carbocycles. The Balaban J connectivity index is 1.59. The van der Waals surface area contributed by atoms with Gasteiger partial charge in [-0.05, 0) is 36.8 Å². The lowest BCUT2D eigenvalue weighted by atomic mass is 10.1. The molecule has 0 radical (unpaired) electrons. The molecule has 1 atom stereocenters. The van der Waals surface area contributed by atoms with Crippen molar-refractivity contribution in [3.8, 4) is 0 Å². The lowest BCUT2D eigenvalue weighted by Crippen LogP contribution is -2.31. The van der Waals surface area contributed by atoms with E-state index in [2.05, 4.69) is 10.6 Å². The minimum absolute atomic E-state index is 0.111. The summed E-state index contributed by atoms with van der Waals surface area (Å²) in [7, 11) is 0. The van der Waals surface area contributed by atoms with Gasteiger partial charge in [0, 0.05) is 17.9 Å². The fourth-order valence-corrected chi connectivity index (χ4v) is 2.64. The molecule has 1 heterocycles. The predicted octanol–water partition coefficient (Wildman–Crippen LogP) is 3.08. The summed E-state index contributed by atoms with van der Waals surface area (Å²) in [5, 5.41) is 6.06. The van der Waals surface area contributed by atoms with Crippen molar-refractivity contribution in [1.29, 1.82) is 0 Å². The van der Waals surface area contributed by atoms with E-state index >= 15 is 0 Å². The van der Waals surface area contributed by atoms with Gasteiger partial charge in [0.15, 0.2) is 0 Å². The average Bonchev–Trinajstić information content (AvgIpc) is 3.01. The van der Waals surface area contributed by atoms with Crippen LogP contribution in [0.15, 0.2) is 54.6 Å². The van der Waals surface area contributed by atoms with Crippen LogP contribution in [-0.2, 0) is 16.1 Å². The monoisotopic (exact) mass is 339 g/mol. The van der Waals surface area contributed by atoms with Crippen molar-refractivity contribution in [2.75, 3.05) is 23.8 Å². The number of carbonyl (C=O) groups excluding carboxylic acids is 2. The zero-order chi connectivity index (χ0) is 17.6. The van der Waals surface area contributed by atoms with Gasteiger partial charge >= 0.3 is 6.09 Å². The molecule has 1 aliphatic heterocycles. The van der Waals surface area contributed by atoms with E-state index in [9.17, 15) is 9.59 Å². The maximum absolute atomic E-state index is 12.3. The van der Waals surface area contributed by atoms with E-state index in [1.54, 1.807) is 4.90 Å². The highest BCUT2D eigenvalue weighted by molar-refractivity contribution is 5.96. The fourth-order valence-electron chi connectivity index (χ4n) is 2.64. The van der Waals surface area contributed by atoms with E-state index in [4.69, 9.17) is 4.74 Å². The number of carbonyl (C=O) groups is 2. The number of amides is 2. The van der Waals surface area contributed by atoms with E-state index < -0.39 is 6.04 Å². The molecule has 0 bridgehead atoms. The Bertz CT molecular complexity index is 749. The Labute approximate surface area is 146 Å². The minimum atomic E-state index is -0.396. The van der Waals surface area contributed by atoms with Gasteiger partial charge in [-0.3, -0.25) is 4.79 Å². The Kier molecular flexibility index (Phi) is 5.18. The first-order valence-electron chi connectivity index (χ1n) is 8.25. The van der Waals surface area contributed by atoms with E-state index in [-0.39, 0.29) is 12.0 Å². The van der Waals surface area contributed by atoms with Gasteiger partial charge in [0.05, 0.1) is 6.54 Å². The lowest BCUT2D eigenvalue weighted by Gasteiger charge is -2.17. The molecule has 0 aromatic heterocycles. The highest BCUT2D eigenvalue weighted by Crippen LogP contribution is 2.16. The first-order chi connectivity index (χ1) is 12.1. The second kappa shape index (κ2) is 7.70. The normalized spacial score (nSPS) is 14.8. The summed E-state index contributed by atoms with van der Waals surface area (Å²) in [6.07, 6.45) is -0.283. The largest absolute Gasteiger partial charge is 0.448 e. The van der Waals surface area contributed by atoms with Crippen LogP contribution >= 0.6 is 0 Å². The third-order valence-electron chi connectivity index (χ3n) is 3.96. The van der Waals surface area contributed by atoms with Crippen molar-refractivity contribution in [2.45, 2.75) is 19.5 Å². The molecule has 1 aliphatic rings. The van der Waals surface area contributed by atoms with Gasteiger partial charge in [0.2, 0.25) is 5.91 Å². The summed E-state index contributed by atoms with van der Waals surface area (Å²) in [5.74, 6) is -0.111. The molecule has 130 valence electrons. The molecule has 2 amide bonds. The van der Waals surface area contributed by atoms with Gasteiger partial charge in [0.25, 0.3) is 0 Å². The van der Waals surface area contributed by atoms with Crippen molar-refractivity contribution in [3.63, 3.8) is 0 Å². The van der Waals surface area contributed by atoms with Crippen LogP contribution in [0.3, 0.4) is 0 Å². The van der Waals surface area contributed by atoms with E-state index in [0.29, 0.717) is 19.7 Å². The molecule has 3 rings (SSSR count). The minimum Gasteiger partial charge on any atom is -0.448 e. The van der Waals surface area contributed by atoms with Crippen molar-refractivity contribution in [2.24, 2.45) is 0 Å². The number of cyclic esters (lactones) is 1. The number of para-hydroxylation sites is 1. The second-order valence-electron chi connectivity index (χ2n) is 5.96. The molecule has 2 N–H and O–H groups in total. The van der Waals surface area contributed by atoms with Crippen LogP contribution in [-0.4, -0.2) is 36.1 Å². The standard InChI is InChI=1S/C19H21N3O3/c1-14(18(23)21-16-7-3-2-4-8-16)20-17-9-5-6-15(12-17)13-22-10-11-25-19(22)24/h2-9,12,14,20H,10-11,13H2,1H3,(H,21,23)/t14-/m1/s1. The number of hydrogen-bond donors (Lipinski definition) is 2. The number of benzene rings is 2. The highest BCUT2D eigenvalue weighted by atomic mass is 16.6. The molecule has 25 heavy (non-hydrogen) atoms. The van der Waals surface area contributed by atoms with Gasteiger partial charge in [-0.15, -0.1) is 0 Å². The average molecular weight is 339 g/mol. The predicted molar refractivity (Wildman–Crippen MR) is 96.4 cm³/mol. The Morgan fingerprint density at radius 3 is 2.64 bits per heavy atom. The molecule has 2 aromatic rings. The van der Waals surface area contributed by atoms with Crippen molar-refractivity contribution >= 4 is 23.4 Å². The number of anilines is 2. The molecular weight excluding hydrogens is 318 g/mol. The highest BCUT2D eigenvalue weighted by Gasteiger charge is 2.22. The number of ether oxygens (including phenoxy) is 1. The smallest absolute Gasteiger partial charge is 0.410 e. The van der Waals surface area contributed by atoms with Crippen molar-refractivity contribution < 1.29 is 14.3 Å². The number of rotatable bonds is 6. The topological polar surface area (TPSA) is 70.7 Å². The van der Waals surface area contributed by atoms with Gasteiger partial charge in [-0.2, -0.15) is 0 Å². The quantitative estimate of drug-likeness (QED) is 0.848. The maximum atomic E-state index is 12.3. The van der Waals surface area contributed by atoms with Crippen LogP contribution in [0.25, 0.3) is 0 Å². The number of nitrogens with zero attached hydrogens (tertiary/aromatic N) is 1. The first kappa shape index (κ1) is 16.8. The summed E-state index contributed by atoms with van der Waals surface area (Å²) in [6.45, 7) is 3.35. The Morgan fingerprint density at radius 2 is 1.92 bits per heavy atom. The van der Waals surface area contributed by atoms with Gasteiger partial charge in [-0.25, -0.2) is 4.79 Å². The van der Waals surface area contributed by atoms with E-state index in [0.717, 1.165) is 16.9 Å². The fraction of sp³-hybridized carbons (Fsp3) is 0.263. The van der Waals surface area contributed by atoms with Crippen LogP contribution in [0.1, 0.15) is 12.5 Å². The maximum Gasteiger partial charge on any atom is 0.410 e. The third-order valence-corrected chi connectivity index (χ3v) is 3.96. The van der Waals surface area contributed by atoms with Crippen molar-refractivity contribution in [1.82, 2.24) is 4.90 Å². The first-order valence-corrected chi connectivity index (χ1v) is 8.25. The molecule has 2 aromatic carbocycles. The molecule has 6 nitrogen and oxygen atoms in total. The molecule has 1 fully saturated rings. The SMILES string of the molecule is C[C@@H](Nc1cccc(CN2CCOC2=O)c1)C(=O)Nc1ccccc1. The second-order valence-corrected chi connectivity index (χ2v) is 5.96. The van der Waals surface area contributed by atoms with Crippen molar-refractivity contribution in [3.05, 3.63) is 60.2 Å².